The molecule has 0 saturated carbocycles. The monoisotopic (exact) mass is 186 g/mol. The maximum absolute atomic E-state index is 10.4. The summed E-state index contributed by atoms with van der Waals surface area (Å²) in [6.45, 7) is 0.322. The minimum absolute atomic E-state index is 0.152. The van der Waals surface area contributed by atoms with Crippen molar-refractivity contribution < 1.29 is 8.76 Å². The zero-order chi connectivity index (χ0) is 9.40. The van der Waals surface area contributed by atoms with Gasteiger partial charge in [0, 0.05) is 37.2 Å². The second-order valence-electron chi connectivity index (χ2n) is 1.96. The van der Waals surface area contributed by atoms with Crippen LogP contribution in [0.4, 0.5) is 0 Å². The molecule has 0 aromatic carbocycles. The van der Waals surface area contributed by atoms with Gasteiger partial charge in [-0.2, -0.15) is 10.5 Å². The van der Waals surface area contributed by atoms with E-state index in [1.165, 1.54) is 0 Å². The molecule has 0 N–H and O–H groups in total. The molecular weight excluding hydrogens is 178 g/mol. The fourth-order valence-corrected chi connectivity index (χ4v) is 1.09. The summed E-state index contributed by atoms with van der Waals surface area (Å²) in [5.74, 6) is 0. The summed E-state index contributed by atoms with van der Waals surface area (Å²) in [6.07, 6.45) is 0.304. The molecule has 0 aromatic rings. The summed E-state index contributed by atoms with van der Waals surface area (Å²) in [5, 5.41) is 16.4. The number of nitrogens with zero attached hydrogens (tertiary/aromatic N) is 3. The Balaban J connectivity index is 3.82. The van der Waals surface area contributed by atoms with Crippen molar-refractivity contribution in [2.45, 2.75) is 12.8 Å². The Morgan fingerprint density at radius 1 is 1.25 bits per heavy atom. The van der Waals surface area contributed by atoms with Gasteiger partial charge < -0.3 is 4.55 Å². The van der Waals surface area contributed by atoms with Gasteiger partial charge in [-0.15, -0.1) is 0 Å². The van der Waals surface area contributed by atoms with E-state index >= 15 is 0 Å². The molecule has 0 aromatic heterocycles. The van der Waals surface area contributed by atoms with Gasteiger partial charge in [-0.3, -0.25) is 4.21 Å². The Kier molecular flexibility index (Phi) is 6.21. The van der Waals surface area contributed by atoms with Gasteiger partial charge in [0.25, 0.3) is 0 Å². The smallest absolute Gasteiger partial charge is 0.0635 e. The maximum Gasteiger partial charge on any atom is 0.0635 e. The van der Waals surface area contributed by atoms with E-state index in [1.54, 1.807) is 0 Å². The Hall–Kier alpha value is -0.950. The molecule has 1 unspecified atom stereocenters. The molecule has 0 aliphatic carbocycles. The van der Waals surface area contributed by atoms with Crippen molar-refractivity contribution in [3.05, 3.63) is 0 Å². The van der Waals surface area contributed by atoms with E-state index in [-0.39, 0.29) is 25.9 Å². The summed E-state index contributed by atoms with van der Waals surface area (Å²) >= 11 is -2.33. The van der Waals surface area contributed by atoms with E-state index in [0.717, 1.165) is 4.31 Å². The summed E-state index contributed by atoms with van der Waals surface area (Å²) < 4.78 is 21.9. The summed E-state index contributed by atoms with van der Waals surface area (Å²) in [4.78, 5) is 0. The first kappa shape index (κ1) is 11.1. The summed E-state index contributed by atoms with van der Waals surface area (Å²) in [5.41, 5.74) is 0. The van der Waals surface area contributed by atoms with Crippen LogP contribution in [0.2, 0.25) is 0 Å². The molecule has 0 fully saturated rings. The predicted molar refractivity (Wildman–Crippen MR) is 41.0 cm³/mol. The van der Waals surface area contributed by atoms with Crippen LogP contribution in [0, 0.1) is 22.7 Å². The third-order valence-electron chi connectivity index (χ3n) is 1.16. The number of nitriles is 2. The van der Waals surface area contributed by atoms with Crippen LogP contribution in [0.1, 0.15) is 12.8 Å². The van der Waals surface area contributed by atoms with Crippen molar-refractivity contribution in [1.82, 2.24) is 4.31 Å². The van der Waals surface area contributed by atoms with Gasteiger partial charge in [0.15, 0.2) is 0 Å². The lowest BCUT2D eigenvalue weighted by atomic mass is 10.4. The van der Waals surface area contributed by atoms with Crippen LogP contribution in [0.5, 0.6) is 0 Å². The number of hydrogen-bond acceptors (Lipinski definition) is 4. The van der Waals surface area contributed by atoms with E-state index in [1.807, 2.05) is 12.1 Å². The molecule has 0 heterocycles. The first-order valence-electron chi connectivity index (χ1n) is 3.30. The Labute approximate surface area is 73.6 Å². The van der Waals surface area contributed by atoms with Crippen molar-refractivity contribution in [2.24, 2.45) is 0 Å². The highest BCUT2D eigenvalue weighted by Crippen LogP contribution is 1.95. The SMILES string of the molecule is N#CCCN(CCC#N)S(=O)[O-]. The largest absolute Gasteiger partial charge is 0.760 e. The van der Waals surface area contributed by atoms with Crippen molar-refractivity contribution in [3.8, 4) is 12.1 Å². The van der Waals surface area contributed by atoms with E-state index in [9.17, 15) is 8.76 Å². The lowest BCUT2D eigenvalue weighted by Gasteiger charge is -2.21. The van der Waals surface area contributed by atoms with Gasteiger partial charge >= 0.3 is 0 Å². The van der Waals surface area contributed by atoms with Crippen LogP contribution in [-0.2, 0) is 11.3 Å². The molecule has 0 rings (SSSR count). The van der Waals surface area contributed by atoms with Gasteiger partial charge in [-0.1, -0.05) is 0 Å². The quantitative estimate of drug-likeness (QED) is 0.561. The average molecular weight is 186 g/mol. The Morgan fingerprint density at radius 2 is 1.67 bits per heavy atom. The highest BCUT2D eigenvalue weighted by molar-refractivity contribution is 7.76. The van der Waals surface area contributed by atoms with Crippen LogP contribution < -0.4 is 0 Å². The first-order chi connectivity index (χ1) is 5.72. The van der Waals surface area contributed by atoms with E-state index in [4.69, 9.17) is 10.5 Å². The van der Waals surface area contributed by atoms with Crippen LogP contribution in [-0.4, -0.2) is 26.2 Å². The van der Waals surface area contributed by atoms with Crippen LogP contribution in [0.3, 0.4) is 0 Å². The molecule has 0 bridgehead atoms. The maximum atomic E-state index is 10.4. The number of hydrogen-bond donors (Lipinski definition) is 0. The summed E-state index contributed by atoms with van der Waals surface area (Å²) in [6, 6.07) is 3.66. The van der Waals surface area contributed by atoms with Crippen LogP contribution >= 0.6 is 0 Å². The second-order valence-corrected chi connectivity index (χ2v) is 2.91. The van der Waals surface area contributed by atoms with E-state index in [2.05, 4.69) is 0 Å². The number of rotatable bonds is 5. The molecule has 0 amide bonds. The van der Waals surface area contributed by atoms with E-state index in [0.29, 0.717) is 0 Å². The normalized spacial score (nSPS) is 12.0. The standard InChI is InChI=1S/C6H9N3O2S/c7-3-1-5-9(12(10)11)6-2-4-8/h1-2,5-6H2,(H,10,11)/p-1. The van der Waals surface area contributed by atoms with Crippen molar-refractivity contribution in [1.29, 1.82) is 10.5 Å². The third-order valence-corrected chi connectivity index (χ3v) is 1.94. The Bertz CT molecular complexity index is 212. The summed E-state index contributed by atoms with van der Waals surface area (Å²) in [7, 11) is 0. The van der Waals surface area contributed by atoms with Gasteiger partial charge in [0.05, 0.1) is 12.1 Å². The van der Waals surface area contributed by atoms with Crippen molar-refractivity contribution >= 4 is 11.3 Å². The Morgan fingerprint density at radius 3 is 1.92 bits per heavy atom. The molecule has 6 heteroatoms. The predicted octanol–water partition coefficient (Wildman–Crippen LogP) is -0.0901. The van der Waals surface area contributed by atoms with Crippen LogP contribution in [0.25, 0.3) is 0 Å². The van der Waals surface area contributed by atoms with Gasteiger partial charge in [0.2, 0.25) is 0 Å². The topological polar surface area (TPSA) is 91.0 Å². The fraction of sp³-hybridized carbons (Fsp3) is 0.667. The molecule has 1 atom stereocenters. The molecular formula is C6H8N3O2S-. The lowest BCUT2D eigenvalue weighted by molar-refractivity contribution is 0.398. The molecule has 0 saturated heterocycles. The fourth-order valence-electron chi connectivity index (χ4n) is 0.610. The first-order valence-corrected chi connectivity index (χ1v) is 4.33. The average Bonchev–Trinajstić information content (AvgIpc) is 2.04. The molecule has 12 heavy (non-hydrogen) atoms. The lowest BCUT2D eigenvalue weighted by Crippen LogP contribution is -2.27. The molecule has 66 valence electrons. The molecule has 0 aliphatic rings. The zero-order valence-electron chi connectivity index (χ0n) is 6.39. The van der Waals surface area contributed by atoms with Crippen molar-refractivity contribution in [2.75, 3.05) is 13.1 Å². The molecule has 0 aliphatic heterocycles. The van der Waals surface area contributed by atoms with Gasteiger partial charge in [-0.25, -0.2) is 4.31 Å². The van der Waals surface area contributed by atoms with Crippen LogP contribution in [0.15, 0.2) is 0 Å². The molecule has 5 nitrogen and oxygen atoms in total. The molecule has 0 spiro atoms. The minimum atomic E-state index is -2.33. The zero-order valence-corrected chi connectivity index (χ0v) is 7.21. The third kappa shape index (κ3) is 4.80. The van der Waals surface area contributed by atoms with Crippen molar-refractivity contribution in [3.63, 3.8) is 0 Å². The highest BCUT2D eigenvalue weighted by Gasteiger charge is 2.03. The molecule has 0 radical (unpaired) electrons. The highest BCUT2D eigenvalue weighted by atomic mass is 32.2. The second kappa shape index (κ2) is 6.74. The van der Waals surface area contributed by atoms with Gasteiger partial charge in [-0.05, 0) is 0 Å². The minimum Gasteiger partial charge on any atom is -0.760 e. The van der Waals surface area contributed by atoms with E-state index < -0.39 is 11.3 Å². The van der Waals surface area contributed by atoms with Gasteiger partial charge in [0.1, 0.15) is 0 Å².